The van der Waals surface area contributed by atoms with Crippen LogP contribution >= 0.6 is 0 Å². The van der Waals surface area contributed by atoms with E-state index in [0.29, 0.717) is 17.0 Å². The fourth-order valence-corrected chi connectivity index (χ4v) is 3.88. The van der Waals surface area contributed by atoms with Gasteiger partial charge in [0.2, 0.25) is 0 Å². The number of aromatic amines is 2. The maximum Gasteiger partial charge on any atom is 0.325 e. The molecule has 2 atom stereocenters. The Kier molecular flexibility index (Phi) is 3.99. The number of ether oxygens (including phenoxy) is 1. The number of nitriles is 1. The molecule has 30 heavy (non-hydrogen) atoms. The van der Waals surface area contributed by atoms with Crippen LogP contribution in [0.4, 0.5) is 0 Å². The maximum absolute atomic E-state index is 12.2. The average Bonchev–Trinajstić information content (AvgIpc) is 3.41. The Balaban J connectivity index is 1.57. The SMILES string of the molecule is COc1cc([C@H]2C[C@@H]2c2cc(-c3c[nH]c(=O)[nH]c3=O)nn3ccnc23)ccc1C#N. The topological polar surface area (TPSA) is 129 Å². The standard InChI is InChI=1S/C21H16N6O3/c1-30-18-6-11(2-3-12(18)9-22)13-7-14(13)15-8-17(26-27-5-4-23-19(15)27)16-10-24-21(29)25-20(16)28/h2-6,8,10,13-14H,7H2,1H3,(H2,24,25,28,29)/t13-,14+/m1/s1. The minimum absolute atomic E-state index is 0.191. The summed E-state index contributed by atoms with van der Waals surface area (Å²) in [6.07, 6.45) is 5.66. The summed E-state index contributed by atoms with van der Waals surface area (Å²) in [4.78, 5) is 32.7. The minimum Gasteiger partial charge on any atom is -0.495 e. The van der Waals surface area contributed by atoms with E-state index in [9.17, 15) is 14.9 Å². The van der Waals surface area contributed by atoms with Gasteiger partial charge in [-0.05, 0) is 42.0 Å². The Hall–Kier alpha value is -4.19. The van der Waals surface area contributed by atoms with Gasteiger partial charge in [0.15, 0.2) is 5.65 Å². The van der Waals surface area contributed by atoms with E-state index in [1.807, 2.05) is 18.2 Å². The number of nitrogens with zero attached hydrogens (tertiary/aromatic N) is 4. The van der Waals surface area contributed by atoms with Crippen molar-refractivity contribution in [1.29, 1.82) is 5.26 Å². The van der Waals surface area contributed by atoms with E-state index in [2.05, 4.69) is 26.1 Å². The van der Waals surface area contributed by atoms with E-state index < -0.39 is 11.2 Å². The van der Waals surface area contributed by atoms with Crippen LogP contribution in [0.3, 0.4) is 0 Å². The van der Waals surface area contributed by atoms with Crippen LogP contribution in [0.5, 0.6) is 5.75 Å². The molecule has 0 spiro atoms. The Morgan fingerprint density at radius 2 is 2.13 bits per heavy atom. The first kappa shape index (κ1) is 17.9. The van der Waals surface area contributed by atoms with Gasteiger partial charge in [-0.2, -0.15) is 10.4 Å². The summed E-state index contributed by atoms with van der Waals surface area (Å²) in [6, 6.07) is 9.61. The summed E-state index contributed by atoms with van der Waals surface area (Å²) in [6.45, 7) is 0. The van der Waals surface area contributed by atoms with Gasteiger partial charge in [-0.15, -0.1) is 0 Å². The first-order chi connectivity index (χ1) is 14.6. The molecule has 0 unspecified atom stereocenters. The van der Waals surface area contributed by atoms with E-state index in [1.54, 1.807) is 30.1 Å². The second kappa shape index (κ2) is 6.70. The molecule has 0 bridgehead atoms. The largest absolute Gasteiger partial charge is 0.495 e. The minimum atomic E-state index is -0.565. The Morgan fingerprint density at radius 3 is 2.90 bits per heavy atom. The van der Waals surface area contributed by atoms with Crippen LogP contribution in [0.25, 0.3) is 16.9 Å². The normalized spacial score (nSPS) is 17.6. The highest BCUT2D eigenvalue weighted by Gasteiger charge is 2.41. The Morgan fingerprint density at radius 1 is 1.27 bits per heavy atom. The van der Waals surface area contributed by atoms with Gasteiger partial charge in [0.25, 0.3) is 5.56 Å². The van der Waals surface area contributed by atoms with Crippen molar-refractivity contribution in [2.75, 3.05) is 7.11 Å². The molecular formula is C21H16N6O3. The van der Waals surface area contributed by atoms with Gasteiger partial charge in [-0.1, -0.05) is 6.07 Å². The highest BCUT2D eigenvalue weighted by Crippen LogP contribution is 2.56. The molecule has 0 radical (unpaired) electrons. The summed E-state index contributed by atoms with van der Waals surface area (Å²) in [5.74, 6) is 0.995. The van der Waals surface area contributed by atoms with Crippen molar-refractivity contribution in [3.63, 3.8) is 0 Å². The van der Waals surface area contributed by atoms with Crippen molar-refractivity contribution in [2.45, 2.75) is 18.3 Å². The van der Waals surface area contributed by atoms with Crippen molar-refractivity contribution in [3.8, 4) is 23.1 Å². The van der Waals surface area contributed by atoms with E-state index in [-0.39, 0.29) is 17.4 Å². The smallest absolute Gasteiger partial charge is 0.325 e. The van der Waals surface area contributed by atoms with Gasteiger partial charge in [-0.3, -0.25) is 9.78 Å². The lowest BCUT2D eigenvalue weighted by molar-refractivity contribution is 0.413. The number of H-pyrrole nitrogens is 2. The quantitative estimate of drug-likeness (QED) is 0.538. The number of hydrogen-bond donors (Lipinski definition) is 2. The van der Waals surface area contributed by atoms with Gasteiger partial charge in [0.05, 0.1) is 23.9 Å². The van der Waals surface area contributed by atoms with Crippen molar-refractivity contribution in [1.82, 2.24) is 24.6 Å². The second-order valence-corrected chi connectivity index (χ2v) is 7.19. The summed E-state index contributed by atoms with van der Waals surface area (Å²) in [7, 11) is 1.55. The lowest BCUT2D eigenvalue weighted by atomic mass is 10.0. The highest BCUT2D eigenvalue weighted by atomic mass is 16.5. The molecule has 3 aromatic heterocycles. The molecule has 0 amide bonds. The van der Waals surface area contributed by atoms with Gasteiger partial charge >= 0.3 is 5.69 Å². The molecule has 9 heteroatoms. The van der Waals surface area contributed by atoms with Gasteiger partial charge in [0.1, 0.15) is 11.8 Å². The van der Waals surface area contributed by atoms with E-state index in [0.717, 1.165) is 23.2 Å². The molecule has 9 nitrogen and oxygen atoms in total. The van der Waals surface area contributed by atoms with Crippen LogP contribution < -0.4 is 16.0 Å². The lowest BCUT2D eigenvalue weighted by Crippen LogP contribution is -2.23. The first-order valence-corrected chi connectivity index (χ1v) is 9.33. The molecule has 0 saturated heterocycles. The van der Waals surface area contributed by atoms with Gasteiger partial charge in [0, 0.05) is 24.2 Å². The van der Waals surface area contributed by atoms with Crippen LogP contribution in [0.2, 0.25) is 0 Å². The number of nitrogens with one attached hydrogen (secondary N) is 2. The molecule has 4 aromatic rings. The van der Waals surface area contributed by atoms with Crippen molar-refractivity contribution in [2.24, 2.45) is 0 Å². The molecule has 0 aliphatic heterocycles. The van der Waals surface area contributed by atoms with E-state index in [4.69, 9.17) is 4.74 Å². The fourth-order valence-electron chi connectivity index (χ4n) is 3.88. The molecule has 5 rings (SSSR count). The van der Waals surface area contributed by atoms with E-state index in [1.165, 1.54) is 6.20 Å². The van der Waals surface area contributed by atoms with Crippen LogP contribution in [0.1, 0.15) is 34.9 Å². The Labute approximate surface area is 169 Å². The monoisotopic (exact) mass is 400 g/mol. The number of fused-ring (bicyclic) bond motifs is 1. The van der Waals surface area contributed by atoms with Crippen molar-refractivity contribution < 1.29 is 4.74 Å². The second-order valence-electron chi connectivity index (χ2n) is 7.19. The predicted octanol–water partition coefficient (Wildman–Crippen LogP) is 1.92. The number of rotatable bonds is 4. The van der Waals surface area contributed by atoms with Crippen molar-refractivity contribution in [3.05, 3.63) is 80.4 Å². The van der Waals surface area contributed by atoms with Crippen LogP contribution in [0.15, 0.2) is 52.4 Å². The third-order valence-corrected chi connectivity index (χ3v) is 5.45. The lowest BCUT2D eigenvalue weighted by Gasteiger charge is -2.08. The van der Waals surface area contributed by atoms with Gasteiger partial charge < -0.3 is 9.72 Å². The predicted molar refractivity (Wildman–Crippen MR) is 107 cm³/mol. The van der Waals surface area contributed by atoms with Crippen LogP contribution in [0, 0.1) is 11.3 Å². The molecule has 3 heterocycles. The summed E-state index contributed by atoms with van der Waals surface area (Å²) < 4.78 is 6.98. The Bertz CT molecular complexity index is 1440. The molecule has 1 saturated carbocycles. The average molecular weight is 400 g/mol. The summed E-state index contributed by atoms with van der Waals surface area (Å²) in [5, 5.41) is 13.7. The third kappa shape index (κ3) is 2.86. The maximum atomic E-state index is 12.2. The number of imidazole rings is 1. The van der Waals surface area contributed by atoms with Crippen LogP contribution in [-0.2, 0) is 0 Å². The molecular weight excluding hydrogens is 384 g/mol. The van der Waals surface area contributed by atoms with E-state index >= 15 is 0 Å². The number of hydrogen-bond acceptors (Lipinski definition) is 6. The summed E-state index contributed by atoms with van der Waals surface area (Å²) >= 11 is 0. The molecule has 148 valence electrons. The molecule has 1 fully saturated rings. The zero-order valence-corrected chi connectivity index (χ0v) is 15.9. The fraction of sp³-hybridized carbons (Fsp3) is 0.190. The molecule has 2 N–H and O–H groups in total. The first-order valence-electron chi connectivity index (χ1n) is 9.33. The zero-order valence-electron chi connectivity index (χ0n) is 15.9. The highest BCUT2D eigenvalue weighted by molar-refractivity contribution is 5.64. The number of methoxy groups -OCH3 is 1. The molecule has 1 aliphatic carbocycles. The van der Waals surface area contributed by atoms with Crippen LogP contribution in [-0.4, -0.2) is 31.7 Å². The summed E-state index contributed by atoms with van der Waals surface area (Å²) in [5.41, 5.74) is 2.96. The van der Waals surface area contributed by atoms with Gasteiger partial charge in [-0.25, -0.2) is 14.3 Å². The zero-order chi connectivity index (χ0) is 20.8. The third-order valence-electron chi connectivity index (χ3n) is 5.45. The molecule has 1 aromatic carbocycles. The van der Waals surface area contributed by atoms with Crippen molar-refractivity contribution >= 4 is 5.65 Å². The molecule has 1 aliphatic rings. The number of aromatic nitrogens is 5. The number of benzene rings is 1.